The van der Waals surface area contributed by atoms with Gasteiger partial charge >= 0.3 is 0 Å². The van der Waals surface area contributed by atoms with Crippen LogP contribution in [0.3, 0.4) is 0 Å². The summed E-state index contributed by atoms with van der Waals surface area (Å²) in [6.45, 7) is 0.453. The first-order valence-corrected chi connectivity index (χ1v) is 5.15. The lowest BCUT2D eigenvalue weighted by atomic mass is 10.2. The Morgan fingerprint density at radius 3 is 2.94 bits per heavy atom. The second-order valence-corrected chi connectivity index (χ2v) is 3.57. The smallest absolute Gasteiger partial charge is 0.146 e. The van der Waals surface area contributed by atoms with E-state index in [4.69, 9.17) is 9.15 Å². The predicted octanol–water partition coefficient (Wildman–Crippen LogP) is 3.34. The van der Waals surface area contributed by atoms with Crippen molar-refractivity contribution in [2.45, 2.75) is 6.61 Å². The predicted molar refractivity (Wildman–Crippen MR) is 61.3 cm³/mol. The van der Waals surface area contributed by atoms with E-state index in [1.165, 1.54) is 0 Å². The number of aromatic amines is 1. The summed E-state index contributed by atoms with van der Waals surface area (Å²) < 4.78 is 10.9. The molecule has 0 saturated carbocycles. The van der Waals surface area contributed by atoms with Crippen molar-refractivity contribution in [3.63, 3.8) is 0 Å². The van der Waals surface area contributed by atoms with E-state index in [1.807, 2.05) is 42.6 Å². The molecule has 0 fully saturated rings. The molecule has 3 aromatic rings. The number of fused-ring (bicyclic) bond motifs is 1. The fourth-order valence-corrected chi connectivity index (χ4v) is 1.71. The van der Waals surface area contributed by atoms with E-state index in [9.17, 15) is 0 Å². The van der Waals surface area contributed by atoms with Crippen molar-refractivity contribution in [3.8, 4) is 5.75 Å². The average Bonchev–Trinajstić information content (AvgIpc) is 2.96. The van der Waals surface area contributed by atoms with Gasteiger partial charge in [0, 0.05) is 17.1 Å². The molecule has 0 aliphatic rings. The number of benzene rings is 1. The zero-order valence-electron chi connectivity index (χ0n) is 8.64. The minimum atomic E-state index is 0.453. The number of rotatable bonds is 3. The molecule has 0 unspecified atom stereocenters. The van der Waals surface area contributed by atoms with E-state index < -0.39 is 0 Å². The number of para-hydroxylation sites is 1. The molecule has 3 nitrogen and oxygen atoms in total. The maximum Gasteiger partial charge on any atom is 0.146 e. The highest BCUT2D eigenvalue weighted by Crippen LogP contribution is 2.25. The van der Waals surface area contributed by atoms with E-state index in [2.05, 4.69) is 4.98 Å². The molecule has 0 amide bonds. The lowest BCUT2D eigenvalue weighted by Gasteiger charge is -2.01. The molecule has 1 N–H and O–H groups in total. The first kappa shape index (κ1) is 9.09. The maximum atomic E-state index is 5.68. The van der Waals surface area contributed by atoms with Gasteiger partial charge < -0.3 is 14.1 Å². The van der Waals surface area contributed by atoms with Crippen LogP contribution in [-0.2, 0) is 6.61 Å². The summed E-state index contributed by atoms with van der Waals surface area (Å²) in [7, 11) is 0. The van der Waals surface area contributed by atoms with Gasteiger partial charge in [0.05, 0.1) is 6.26 Å². The van der Waals surface area contributed by atoms with Gasteiger partial charge in [-0.1, -0.05) is 12.1 Å². The Balaban J connectivity index is 1.84. The molecule has 3 heteroatoms. The van der Waals surface area contributed by atoms with Crippen LogP contribution in [0.4, 0.5) is 0 Å². The summed E-state index contributed by atoms with van der Waals surface area (Å²) in [4.78, 5) is 3.16. The van der Waals surface area contributed by atoms with Crippen LogP contribution < -0.4 is 4.74 Å². The number of hydrogen-bond donors (Lipinski definition) is 1. The molecular formula is C13H11NO2. The van der Waals surface area contributed by atoms with Gasteiger partial charge in [0.25, 0.3) is 0 Å². The third-order valence-corrected chi connectivity index (χ3v) is 2.50. The molecule has 2 aromatic heterocycles. The van der Waals surface area contributed by atoms with Crippen LogP contribution >= 0.6 is 0 Å². The first-order valence-electron chi connectivity index (χ1n) is 5.15. The summed E-state index contributed by atoms with van der Waals surface area (Å²) in [5.74, 6) is 1.68. The maximum absolute atomic E-state index is 5.68. The minimum Gasteiger partial charge on any atom is -0.483 e. The van der Waals surface area contributed by atoms with Crippen LogP contribution in [0.2, 0.25) is 0 Å². The first-order chi connectivity index (χ1) is 7.93. The van der Waals surface area contributed by atoms with E-state index in [0.29, 0.717) is 6.61 Å². The molecule has 80 valence electrons. The van der Waals surface area contributed by atoms with Crippen LogP contribution in [0.1, 0.15) is 5.76 Å². The highest BCUT2D eigenvalue weighted by atomic mass is 16.5. The Labute approximate surface area is 92.7 Å². The minimum absolute atomic E-state index is 0.453. The van der Waals surface area contributed by atoms with Gasteiger partial charge in [0.2, 0.25) is 0 Å². The van der Waals surface area contributed by atoms with Crippen molar-refractivity contribution in [1.29, 1.82) is 0 Å². The lowest BCUT2D eigenvalue weighted by molar-refractivity contribution is 0.273. The molecule has 0 radical (unpaired) electrons. The zero-order valence-corrected chi connectivity index (χ0v) is 8.64. The molecule has 0 atom stereocenters. The third kappa shape index (κ3) is 1.56. The van der Waals surface area contributed by atoms with Gasteiger partial charge in [-0.15, -0.1) is 0 Å². The second kappa shape index (κ2) is 3.77. The summed E-state index contributed by atoms with van der Waals surface area (Å²) in [5, 5.41) is 1.09. The number of furan rings is 1. The lowest BCUT2D eigenvalue weighted by Crippen LogP contribution is -1.92. The number of hydrogen-bond acceptors (Lipinski definition) is 2. The summed E-state index contributed by atoms with van der Waals surface area (Å²) in [6, 6.07) is 11.8. The number of aromatic nitrogens is 1. The van der Waals surface area contributed by atoms with Crippen molar-refractivity contribution in [2.24, 2.45) is 0 Å². The molecule has 0 aliphatic heterocycles. The Morgan fingerprint density at radius 1 is 1.12 bits per heavy atom. The second-order valence-electron chi connectivity index (χ2n) is 3.57. The van der Waals surface area contributed by atoms with Gasteiger partial charge in [0.1, 0.15) is 18.1 Å². The van der Waals surface area contributed by atoms with Crippen molar-refractivity contribution < 1.29 is 9.15 Å². The van der Waals surface area contributed by atoms with Crippen LogP contribution in [0.25, 0.3) is 10.9 Å². The quantitative estimate of drug-likeness (QED) is 0.724. The van der Waals surface area contributed by atoms with E-state index in [1.54, 1.807) is 6.26 Å². The van der Waals surface area contributed by atoms with Crippen molar-refractivity contribution in [2.75, 3.05) is 0 Å². The molecule has 3 rings (SSSR count). The van der Waals surface area contributed by atoms with Crippen LogP contribution in [0, 0.1) is 0 Å². The number of ether oxygens (including phenoxy) is 1. The summed E-state index contributed by atoms with van der Waals surface area (Å²) >= 11 is 0. The zero-order chi connectivity index (χ0) is 10.8. The fourth-order valence-electron chi connectivity index (χ4n) is 1.71. The van der Waals surface area contributed by atoms with E-state index >= 15 is 0 Å². The largest absolute Gasteiger partial charge is 0.483 e. The molecule has 0 spiro atoms. The fraction of sp³-hybridized carbons (Fsp3) is 0.0769. The third-order valence-electron chi connectivity index (χ3n) is 2.50. The van der Waals surface area contributed by atoms with Gasteiger partial charge in [0.15, 0.2) is 0 Å². The molecule has 1 aromatic carbocycles. The highest BCUT2D eigenvalue weighted by molar-refractivity contribution is 5.85. The molecular weight excluding hydrogens is 202 g/mol. The van der Waals surface area contributed by atoms with Crippen molar-refractivity contribution in [1.82, 2.24) is 4.98 Å². The molecule has 16 heavy (non-hydrogen) atoms. The van der Waals surface area contributed by atoms with Gasteiger partial charge in [-0.3, -0.25) is 0 Å². The SMILES string of the molecule is c1coc(COc2c[nH]c3ccccc23)c1. The number of nitrogens with one attached hydrogen (secondary N) is 1. The summed E-state index contributed by atoms with van der Waals surface area (Å²) in [6.07, 6.45) is 3.52. The summed E-state index contributed by atoms with van der Waals surface area (Å²) in [5.41, 5.74) is 1.08. The number of H-pyrrole nitrogens is 1. The Kier molecular flexibility index (Phi) is 2.14. The highest BCUT2D eigenvalue weighted by Gasteiger charge is 2.04. The monoisotopic (exact) mass is 213 g/mol. The Morgan fingerprint density at radius 2 is 2.06 bits per heavy atom. The normalized spacial score (nSPS) is 10.8. The van der Waals surface area contributed by atoms with Gasteiger partial charge in [-0.25, -0.2) is 0 Å². The van der Waals surface area contributed by atoms with Gasteiger partial charge in [-0.05, 0) is 24.3 Å². The van der Waals surface area contributed by atoms with E-state index in [0.717, 1.165) is 22.4 Å². The average molecular weight is 213 g/mol. The van der Waals surface area contributed by atoms with E-state index in [-0.39, 0.29) is 0 Å². The van der Waals surface area contributed by atoms with Crippen molar-refractivity contribution >= 4 is 10.9 Å². The Hall–Kier alpha value is -2.16. The van der Waals surface area contributed by atoms with Crippen LogP contribution in [0.5, 0.6) is 5.75 Å². The van der Waals surface area contributed by atoms with Gasteiger partial charge in [-0.2, -0.15) is 0 Å². The molecule has 0 saturated heterocycles. The molecule has 0 bridgehead atoms. The van der Waals surface area contributed by atoms with Crippen molar-refractivity contribution in [3.05, 3.63) is 54.6 Å². The van der Waals surface area contributed by atoms with Crippen LogP contribution in [-0.4, -0.2) is 4.98 Å². The molecule has 2 heterocycles. The topological polar surface area (TPSA) is 38.2 Å². The van der Waals surface area contributed by atoms with Crippen LogP contribution in [0.15, 0.2) is 53.3 Å². The Bertz CT molecular complexity index is 581. The molecule has 0 aliphatic carbocycles. The standard InChI is InChI=1S/C13H11NO2/c1-2-6-12-11(5-1)13(8-14-12)16-9-10-4-3-7-15-10/h1-8,14H,9H2.